The summed E-state index contributed by atoms with van der Waals surface area (Å²) in [5, 5.41) is 3.01. The molecule has 0 aromatic heterocycles. The second-order valence-electron chi connectivity index (χ2n) is 6.84. The highest BCUT2D eigenvalue weighted by atomic mass is 19.1. The van der Waals surface area contributed by atoms with Gasteiger partial charge in [0.15, 0.2) is 0 Å². The molecule has 122 valence electrons. The third-order valence-electron chi connectivity index (χ3n) is 4.87. The van der Waals surface area contributed by atoms with Crippen molar-refractivity contribution in [1.29, 1.82) is 0 Å². The smallest absolute Gasteiger partial charge is 0.237 e. The van der Waals surface area contributed by atoms with Crippen molar-refractivity contribution < 1.29 is 9.18 Å². The van der Waals surface area contributed by atoms with Crippen molar-refractivity contribution in [3.63, 3.8) is 0 Å². The number of halogens is 1. The lowest BCUT2D eigenvalue weighted by molar-refractivity contribution is -0.123. The summed E-state index contributed by atoms with van der Waals surface area (Å²) >= 11 is 0. The van der Waals surface area contributed by atoms with Crippen LogP contribution in [0.5, 0.6) is 0 Å². The zero-order chi connectivity index (χ0) is 16.2. The summed E-state index contributed by atoms with van der Waals surface area (Å²) in [6.07, 6.45) is 5.39. The zero-order valence-corrected chi connectivity index (χ0v) is 13.6. The molecular formula is C18H27FN2O. The largest absolute Gasteiger partial charge is 0.354 e. The topological polar surface area (TPSA) is 55.1 Å². The summed E-state index contributed by atoms with van der Waals surface area (Å²) in [6.45, 7) is 4.41. The Kier molecular flexibility index (Phi) is 5.57. The van der Waals surface area contributed by atoms with Crippen molar-refractivity contribution in [3.8, 4) is 0 Å². The van der Waals surface area contributed by atoms with Gasteiger partial charge in [-0.1, -0.05) is 45.2 Å². The highest BCUT2D eigenvalue weighted by molar-refractivity contribution is 5.81. The molecule has 1 amide bonds. The van der Waals surface area contributed by atoms with E-state index in [2.05, 4.69) is 5.32 Å². The van der Waals surface area contributed by atoms with Gasteiger partial charge in [0.2, 0.25) is 5.91 Å². The van der Waals surface area contributed by atoms with Crippen LogP contribution in [0.3, 0.4) is 0 Å². The van der Waals surface area contributed by atoms with Gasteiger partial charge in [0, 0.05) is 12.0 Å². The summed E-state index contributed by atoms with van der Waals surface area (Å²) in [7, 11) is 0. The highest BCUT2D eigenvalue weighted by Gasteiger charge is 2.35. The van der Waals surface area contributed by atoms with Crippen LogP contribution in [0.1, 0.15) is 51.5 Å². The number of carbonyl (C=O) groups is 1. The van der Waals surface area contributed by atoms with Crippen molar-refractivity contribution in [3.05, 3.63) is 35.6 Å². The first-order valence-corrected chi connectivity index (χ1v) is 8.24. The summed E-state index contributed by atoms with van der Waals surface area (Å²) in [4.78, 5) is 12.2. The van der Waals surface area contributed by atoms with Crippen LogP contribution < -0.4 is 11.1 Å². The molecule has 1 fully saturated rings. The summed E-state index contributed by atoms with van der Waals surface area (Å²) < 4.78 is 13.6. The van der Waals surface area contributed by atoms with E-state index in [1.54, 1.807) is 12.1 Å². The van der Waals surface area contributed by atoms with Crippen LogP contribution in [-0.4, -0.2) is 18.5 Å². The normalized spacial score (nSPS) is 19.0. The Hall–Kier alpha value is -1.42. The van der Waals surface area contributed by atoms with Crippen molar-refractivity contribution in [2.45, 2.75) is 57.4 Å². The van der Waals surface area contributed by atoms with Crippen LogP contribution in [0, 0.1) is 11.7 Å². The van der Waals surface area contributed by atoms with Gasteiger partial charge in [-0.05, 0) is 36.5 Å². The quantitative estimate of drug-likeness (QED) is 0.878. The molecule has 1 aliphatic carbocycles. The summed E-state index contributed by atoms with van der Waals surface area (Å²) in [6, 6.07) is 6.31. The second kappa shape index (κ2) is 7.23. The molecule has 2 rings (SSSR count). The zero-order valence-electron chi connectivity index (χ0n) is 13.6. The first kappa shape index (κ1) is 16.9. The molecule has 0 bridgehead atoms. The fraction of sp³-hybridized carbons (Fsp3) is 0.611. The van der Waals surface area contributed by atoms with E-state index in [1.807, 2.05) is 19.9 Å². The fourth-order valence-corrected chi connectivity index (χ4v) is 3.29. The van der Waals surface area contributed by atoms with E-state index in [0.717, 1.165) is 31.2 Å². The Morgan fingerprint density at radius 3 is 2.59 bits per heavy atom. The van der Waals surface area contributed by atoms with E-state index in [9.17, 15) is 9.18 Å². The lowest BCUT2D eigenvalue weighted by Gasteiger charge is -2.38. The van der Waals surface area contributed by atoms with E-state index in [0.29, 0.717) is 6.54 Å². The van der Waals surface area contributed by atoms with Gasteiger partial charge in [-0.25, -0.2) is 4.39 Å². The standard InChI is InChI=1S/C18H27FN2O/c1-13(2)16(20)17(22)21-12-18(9-4-3-5-10-18)14-7-6-8-15(19)11-14/h6-8,11,13,16H,3-5,9-10,12,20H2,1-2H3,(H,21,22)/t16-/m0/s1. The Morgan fingerprint density at radius 1 is 1.32 bits per heavy atom. The van der Waals surface area contributed by atoms with Crippen LogP contribution in [0.4, 0.5) is 4.39 Å². The molecule has 3 N–H and O–H groups in total. The average molecular weight is 306 g/mol. The average Bonchev–Trinajstić information content (AvgIpc) is 2.52. The van der Waals surface area contributed by atoms with Gasteiger partial charge in [-0.2, -0.15) is 0 Å². The number of benzene rings is 1. The van der Waals surface area contributed by atoms with E-state index in [-0.39, 0.29) is 23.1 Å². The summed E-state index contributed by atoms with van der Waals surface area (Å²) in [5.41, 5.74) is 6.74. The lowest BCUT2D eigenvalue weighted by Crippen LogP contribution is -2.49. The molecular weight excluding hydrogens is 279 g/mol. The van der Waals surface area contributed by atoms with Crippen LogP contribution >= 0.6 is 0 Å². The van der Waals surface area contributed by atoms with Crippen LogP contribution in [0.25, 0.3) is 0 Å². The third-order valence-corrected chi connectivity index (χ3v) is 4.87. The van der Waals surface area contributed by atoms with Gasteiger partial charge in [-0.3, -0.25) is 4.79 Å². The number of nitrogens with one attached hydrogen (secondary N) is 1. The number of rotatable bonds is 5. The maximum Gasteiger partial charge on any atom is 0.237 e. The van der Waals surface area contributed by atoms with Crippen molar-refractivity contribution in [2.75, 3.05) is 6.54 Å². The molecule has 0 heterocycles. The summed E-state index contributed by atoms with van der Waals surface area (Å²) in [5.74, 6) is -0.222. The molecule has 0 unspecified atom stereocenters. The van der Waals surface area contributed by atoms with Gasteiger partial charge in [0.05, 0.1) is 6.04 Å². The molecule has 1 aliphatic rings. The maximum absolute atomic E-state index is 13.6. The number of hydrogen-bond donors (Lipinski definition) is 2. The van der Waals surface area contributed by atoms with Gasteiger partial charge in [-0.15, -0.1) is 0 Å². The minimum Gasteiger partial charge on any atom is -0.354 e. The Bertz CT molecular complexity index is 510. The minimum absolute atomic E-state index is 0.108. The predicted molar refractivity (Wildman–Crippen MR) is 87.0 cm³/mol. The number of nitrogens with two attached hydrogens (primary N) is 1. The van der Waals surface area contributed by atoms with Crippen LogP contribution in [0.15, 0.2) is 24.3 Å². The number of carbonyl (C=O) groups excluding carboxylic acids is 1. The van der Waals surface area contributed by atoms with Crippen LogP contribution in [0.2, 0.25) is 0 Å². The number of amides is 1. The molecule has 1 atom stereocenters. The van der Waals surface area contributed by atoms with Gasteiger partial charge < -0.3 is 11.1 Å². The number of hydrogen-bond acceptors (Lipinski definition) is 2. The van der Waals surface area contributed by atoms with Gasteiger partial charge >= 0.3 is 0 Å². The predicted octanol–water partition coefficient (Wildman–Crippen LogP) is 3.13. The first-order valence-electron chi connectivity index (χ1n) is 8.24. The molecule has 0 spiro atoms. The van der Waals surface area contributed by atoms with Crippen LogP contribution in [-0.2, 0) is 10.2 Å². The molecule has 1 aromatic rings. The minimum atomic E-state index is -0.492. The molecule has 1 aromatic carbocycles. The van der Waals surface area contributed by atoms with Crippen molar-refractivity contribution >= 4 is 5.91 Å². The SMILES string of the molecule is CC(C)[C@H](N)C(=O)NCC1(c2cccc(F)c2)CCCCC1. The fourth-order valence-electron chi connectivity index (χ4n) is 3.29. The Morgan fingerprint density at radius 2 is 2.00 bits per heavy atom. The molecule has 3 nitrogen and oxygen atoms in total. The van der Waals surface area contributed by atoms with Crippen molar-refractivity contribution in [1.82, 2.24) is 5.32 Å². The molecule has 0 saturated heterocycles. The highest BCUT2D eigenvalue weighted by Crippen LogP contribution is 2.39. The Balaban J connectivity index is 2.15. The van der Waals surface area contributed by atoms with Crippen molar-refractivity contribution in [2.24, 2.45) is 11.7 Å². The van der Waals surface area contributed by atoms with E-state index < -0.39 is 6.04 Å². The molecule has 4 heteroatoms. The van der Waals surface area contributed by atoms with E-state index in [4.69, 9.17) is 5.73 Å². The van der Waals surface area contributed by atoms with E-state index >= 15 is 0 Å². The monoisotopic (exact) mass is 306 g/mol. The maximum atomic E-state index is 13.6. The lowest BCUT2D eigenvalue weighted by atomic mass is 9.69. The van der Waals surface area contributed by atoms with E-state index in [1.165, 1.54) is 12.5 Å². The molecule has 0 radical (unpaired) electrons. The molecule has 22 heavy (non-hydrogen) atoms. The van der Waals surface area contributed by atoms with Gasteiger partial charge in [0.1, 0.15) is 5.82 Å². The van der Waals surface area contributed by atoms with Gasteiger partial charge in [0.25, 0.3) is 0 Å². The Labute approximate surface area is 132 Å². The molecule has 0 aliphatic heterocycles. The third kappa shape index (κ3) is 3.86. The molecule has 1 saturated carbocycles. The first-order chi connectivity index (χ1) is 10.4. The second-order valence-corrected chi connectivity index (χ2v) is 6.84.